The van der Waals surface area contributed by atoms with Crippen LogP contribution >= 0.6 is 22.9 Å². The number of hydrogen-bond acceptors (Lipinski definition) is 5. The maximum Gasteiger partial charge on any atom is 0.328 e. The van der Waals surface area contributed by atoms with Gasteiger partial charge in [-0.3, -0.25) is 9.48 Å². The molecule has 0 aliphatic heterocycles. The molecule has 0 aliphatic rings. The molecule has 2 heterocycles. The van der Waals surface area contributed by atoms with E-state index >= 15 is 0 Å². The number of nitrogens with two attached hydrogens (primary N) is 1. The normalized spacial score (nSPS) is 10.7. The summed E-state index contributed by atoms with van der Waals surface area (Å²) in [6.45, 7) is 3.91. The van der Waals surface area contributed by atoms with Crippen LogP contribution in [0, 0.1) is 13.8 Å². The number of rotatable bonds is 4. The van der Waals surface area contributed by atoms with Crippen molar-refractivity contribution in [2.75, 3.05) is 5.73 Å². The molecule has 2 rings (SSSR count). The van der Waals surface area contributed by atoms with Crippen LogP contribution < -0.4 is 5.73 Å². The third-order valence-corrected chi connectivity index (χ3v) is 3.93. The Kier molecular flexibility index (Phi) is 4.11. The third kappa shape index (κ3) is 3.27. The van der Waals surface area contributed by atoms with E-state index in [2.05, 4.69) is 5.10 Å². The first-order chi connectivity index (χ1) is 8.97. The average molecular weight is 300 g/mol. The third-order valence-electron chi connectivity index (χ3n) is 2.72. The Morgan fingerprint density at radius 3 is 2.79 bits per heavy atom. The highest BCUT2D eigenvalue weighted by Crippen LogP contribution is 2.22. The first kappa shape index (κ1) is 13.9. The molecule has 7 heteroatoms. The molecule has 19 heavy (non-hydrogen) atoms. The lowest BCUT2D eigenvalue weighted by Crippen LogP contribution is -2.15. The molecule has 0 unspecified atom stereocenters. The van der Waals surface area contributed by atoms with Crippen LogP contribution in [0.5, 0.6) is 0 Å². The average Bonchev–Trinajstić information content (AvgIpc) is 2.88. The number of carbonyl (C=O) groups excluding carboxylic acids is 1. The summed E-state index contributed by atoms with van der Waals surface area (Å²) in [5.41, 5.74) is 7.90. The van der Waals surface area contributed by atoms with E-state index in [1.165, 1.54) is 11.3 Å². The zero-order valence-electron chi connectivity index (χ0n) is 10.6. The van der Waals surface area contributed by atoms with Gasteiger partial charge in [0.05, 0.1) is 21.4 Å². The van der Waals surface area contributed by atoms with Crippen molar-refractivity contribution < 1.29 is 9.53 Å². The van der Waals surface area contributed by atoms with Crippen LogP contribution in [-0.2, 0) is 22.7 Å². The molecule has 0 aromatic carbocycles. The fourth-order valence-electron chi connectivity index (χ4n) is 1.61. The Hall–Kier alpha value is -1.53. The molecule has 0 radical (unpaired) electrons. The molecule has 2 aromatic heterocycles. The van der Waals surface area contributed by atoms with Crippen molar-refractivity contribution in [3.8, 4) is 0 Å². The van der Waals surface area contributed by atoms with E-state index in [9.17, 15) is 4.79 Å². The SMILES string of the molecule is Cc1nn(CC(=O)OCc2ccc(Cl)s2)c(C)c1N. The van der Waals surface area contributed by atoms with Gasteiger partial charge < -0.3 is 10.5 Å². The maximum atomic E-state index is 11.7. The van der Waals surface area contributed by atoms with Gasteiger partial charge in [-0.2, -0.15) is 5.10 Å². The van der Waals surface area contributed by atoms with Gasteiger partial charge in [0.25, 0.3) is 0 Å². The van der Waals surface area contributed by atoms with Gasteiger partial charge >= 0.3 is 5.97 Å². The number of nitrogens with zero attached hydrogens (tertiary/aromatic N) is 2. The number of nitrogen functional groups attached to an aromatic ring is 1. The lowest BCUT2D eigenvalue weighted by atomic mass is 10.3. The van der Waals surface area contributed by atoms with Crippen molar-refractivity contribution in [3.05, 3.63) is 32.7 Å². The number of aryl methyl sites for hydroxylation is 1. The Morgan fingerprint density at radius 1 is 1.53 bits per heavy atom. The van der Waals surface area contributed by atoms with Crippen molar-refractivity contribution in [1.29, 1.82) is 0 Å². The molecule has 5 nitrogen and oxygen atoms in total. The van der Waals surface area contributed by atoms with Gasteiger partial charge in [-0.25, -0.2) is 0 Å². The smallest absolute Gasteiger partial charge is 0.328 e. The summed E-state index contributed by atoms with van der Waals surface area (Å²) in [7, 11) is 0. The van der Waals surface area contributed by atoms with Crippen LogP contribution in [0.2, 0.25) is 4.34 Å². The summed E-state index contributed by atoms with van der Waals surface area (Å²) in [5.74, 6) is -0.352. The van der Waals surface area contributed by atoms with E-state index in [0.717, 1.165) is 16.3 Å². The van der Waals surface area contributed by atoms with E-state index in [-0.39, 0.29) is 19.1 Å². The first-order valence-electron chi connectivity index (χ1n) is 5.66. The molecule has 0 bridgehead atoms. The number of esters is 1. The highest BCUT2D eigenvalue weighted by molar-refractivity contribution is 7.16. The molecule has 0 saturated carbocycles. The van der Waals surface area contributed by atoms with E-state index in [4.69, 9.17) is 22.1 Å². The zero-order chi connectivity index (χ0) is 14.0. The van der Waals surface area contributed by atoms with Gasteiger partial charge in [0, 0.05) is 4.88 Å². The molecule has 0 amide bonds. The molecule has 0 aliphatic carbocycles. The van der Waals surface area contributed by atoms with Gasteiger partial charge in [-0.15, -0.1) is 11.3 Å². The number of ether oxygens (including phenoxy) is 1. The fraction of sp³-hybridized carbons (Fsp3) is 0.333. The minimum Gasteiger partial charge on any atom is -0.459 e. The predicted octanol–water partition coefficient (Wildman–Crippen LogP) is 2.54. The number of carbonyl (C=O) groups is 1. The minimum absolute atomic E-state index is 0.0585. The summed E-state index contributed by atoms with van der Waals surface area (Å²) in [4.78, 5) is 12.6. The van der Waals surface area contributed by atoms with Gasteiger partial charge in [0.2, 0.25) is 0 Å². The van der Waals surface area contributed by atoms with E-state index in [0.29, 0.717) is 10.0 Å². The molecule has 0 spiro atoms. The monoisotopic (exact) mass is 299 g/mol. The van der Waals surface area contributed by atoms with Crippen LogP contribution in [0.4, 0.5) is 5.69 Å². The van der Waals surface area contributed by atoms with Gasteiger partial charge in [0.15, 0.2) is 0 Å². The van der Waals surface area contributed by atoms with Crippen LogP contribution in [0.1, 0.15) is 16.3 Å². The Bertz CT molecular complexity index is 606. The topological polar surface area (TPSA) is 70.1 Å². The first-order valence-corrected chi connectivity index (χ1v) is 6.86. The second kappa shape index (κ2) is 5.63. The molecule has 2 N–H and O–H groups in total. The van der Waals surface area contributed by atoms with Gasteiger partial charge in [-0.05, 0) is 26.0 Å². The molecular weight excluding hydrogens is 286 g/mol. The number of hydrogen-bond donors (Lipinski definition) is 1. The van der Waals surface area contributed by atoms with Crippen LogP contribution in [-0.4, -0.2) is 15.7 Å². The Morgan fingerprint density at radius 2 is 2.26 bits per heavy atom. The molecule has 102 valence electrons. The number of aromatic nitrogens is 2. The Balaban J connectivity index is 1.92. The Labute approximate surface area is 119 Å². The van der Waals surface area contributed by atoms with Crippen LogP contribution in [0.3, 0.4) is 0 Å². The van der Waals surface area contributed by atoms with Crippen molar-refractivity contribution >= 4 is 34.6 Å². The van der Waals surface area contributed by atoms with Crippen LogP contribution in [0.15, 0.2) is 12.1 Å². The van der Waals surface area contributed by atoms with Gasteiger partial charge in [0.1, 0.15) is 13.2 Å². The van der Waals surface area contributed by atoms with Crippen molar-refractivity contribution in [2.24, 2.45) is 0 Å². The fourth-order valence-corrected chi connectivity index (χ4v) is 2.61. The van der Waals surface area contributed by atoms with E-state index in [1.54, 1.807) is 17.7 Å². The lowest BCUT2D eigenvalue weighted by Gasteiger charge is -2.05. The van der Waals surface area contributed by atoms with Gasteiger partial charge in [-0.1, -0.05) is 11.6 Å². The summed E-state index contributed by atoms with van der Waals surface area (Å²) >= 11 is 7.19. The van der Waals surface area contributed by atoms with E-state index < -0.39 is 0 Å². The molecule has 0 fully saturated rings. The summed E-state index contributed by atoms with van der Waals surface area (Å²) < 4.78 is 7.39. The van der Waals surface area contributed by atoms with Crippen molar-refractivity contribution in [3.63, 3.8) is 0 Å². The van der Waals surface area contributed by atoms with Crippen LogP contribution in [0.25, 0.3) is 0 Å². The zero-order valence-corrected chi connectivity index (χ0v) is 12.2. The molecule has 2 aromatic rings. The molecular formula is C12H14ClN3O2S. The summed E-state index contributed by atoms with van der Waals surface area (Å²) in [5, 5.41) is 4.18. The molecule has 0 saturated heterocycles. The summed E-state index contributed by atoms with van der Waals surface area (Å²) in [6.07, 6.45) is 0. The maximum absolute atomic E-state index is 11.7. The highest BCUT2D eigenvalue weighted by Gasteiger charge is 2.12. The quantitative estimate of drug-likeness (QED) is 0.881. The van der Waals surface area contributed by atoms with Crippen molar-refractivity contribution in [1.82, 2.24) is 9.78 Å². The number of anilines is 1. The second-order valence-electron chi connectivity index (χ2n) is 4.11. The standard InChI is InChI=1S/C12H14ClN3O2S/c1-7-12(14)8(2)16(15-7)5-11(17)18-6-9-3-4-10(13)19-9/h3-4H,5-6,14H2,1-2H3. The minimum atomic E-state index is -0.352. The van der Waals surface area contributed by atoms with Crippen molar-refractivity contribution in [2.45, 2.75) is 27.0 Å². The second-order valence-corrected chi connectivity index (χ2v) is 5.91. The predicted molar refractivity (Wildman–Crippen MR) is 75.2 cm³/mol. The summed E-state index contributed by atoms with van der Waals surface area (Å²) in [6, 6.07) is 3.61. The molecule has 0 atom stereocenters. The largest absolute Gasteiger partial charge is 0.459 e. The highest BCUT2D eigenvalue weighted by atomic mass is 35.5. The number of halogens is 1. The number of thiophene rings is 1. The van der Waals surface area contributed by atoms with E-state index in [1.807, 2.05) is 13.0 Å². The lowest BCUT2D eigenvalue weighted by molar-refractivity contribution is -0.145.